The van der Waals surface area contributed by atoms with Crippen molar-refractivity contribution >= 4 is 0 Å². The first-order valence-corrected chi connectivity index (χ1v) is 5.02. The number of nitrogens with one attached hydrogen (secondary N) is 1. The molecule has 1 unspecified atom stereocenters. The molecule has 0 saturated carbocycles. The van der Waals surface area contributed by atoms with Crippen molar-refractivity contribution in [2.75, 3.05) is 0 Å². The summed E-state index contributed by atoms with van der Waals surface area (Å²) in [6.45, 7) is 1.79. The van der Waals surface area contributed by atoms with Crippen molar-refractivity contribution < 1.29 is 5.11 Å². The molecule has 2 aromatic rings. The van der Waals surface area contributed by atoms with Gasteiger partial charge in [-0.3, -0.25) is 0 Å². The van der Waals surface area contributed by atoms with E-state index in [1.807, 2.05) is 24.3 Å². The fraction of sp³-hybridized carbons (Fsp3) is 0.250. The van der Waals surface area contributed by atoms with Gasteiger partial charge in [0.1, 0.15) is 5.82 Å². The lowest BCUT2D eigenvalue weighted by atomic mass is 10.1. The number of aliphatic hydroxyl groups is 1. The molecule has 1 aromatic carbocycles. The maximum Gasteiger partial charge on any atom is 0.137 e. The Morgan fingerprint density at radius 3 is 2.60 bits per heavy atom. The molecule has 1 aromatic heterocycles. The van der Waals surface area contributed by atoms with Crippen LogP contribution >= 0.6 is 0 Å². The molecule has 0 fully saturated rings. The van der Waals surface area contributed by atoms with Gasteiger partial charge in [0.2, 0.25) is 0 Å². The highest BCUT2D eigenvalue weighted by atomic mass is 16.3. The van der Waals surface area contributed by atoms with Crippen LogP contribution in [-0.4, -0.2) is 21.2 Å². The summed E-state index contributed by atoms with van der Waals surface area (Å²) in [6.07, 6.45) is 3.94. The summed E-state index contributed by atoms with van der Waals surface area (Å²) in [4.78, 5) is 7.23. The van der Waals surface area contributed by atoms with E-state index in [9.17, 15) is 5.11 Å². The van der Waals surface area contributed by atoms with Crippen LogP contribution in [0.1, 0.15) is 12.5 Å². The Morgan fingerprint density at radius 1 is 1.33 bits per heavy atom. The molecule has 0 saturated heterocycles. The molecule has 3 nitrogen and oxygen atoms in total. The van der Waals surface area contributed by atoms with Crippen molar-refractivity contribution in [3.05, 3.63) is 42.2 Å². The summed E-state index contributed by atoms with van der Waals surface area (Å²) < 4.78 is 0. The zero-order valence-electron chi connectivity index (χ0n) is 8.64. The van der Waals surface area contributed by atoms with Crippen LogP contribution in [0.5, 0.6) is 0 Å². The molecule has 0 amide bonds. The third-order valence-corrected chi connectivity index (χ3v) is 2.26. The van der Waals surface area contributed by atoms with E-state index in [4.69, 9.17) is 0 Å². The topological polar surface area (TPSA) is 48.9 Å². The molecule has 2 rings (SSSR count). The van der Waals surface area contributed by atoms with Crippen LogP contribution < -0.4 is 0 Å². The molecule has 0 aliphatic heterocycles. The van der Waals surface area contributed by atoms with E-state index in [1.165, 1.54) is 0 Å². The van der Waals surface area contributed by atoms with Crippen molar-refractivity contribution in [1.29, 1.82) is 0 Å². The summed E-state index contributed by atoms with van der Waals surface area (Å²) in [5.41, 5.74) is 2.20. The summed E-state index contributed by atoms with van der Waals surface area (Å²) in [5, 5.41) is 9.24. The fourth-order valence-corrected chi connectivity index (χ4v) is 1.56. The molecule has 15 heavy (non-hydrogen) atoms. The minimum absolute atomic E-state index is 0.292. The molecule has 1 heterocycles. The Labute approximate surface area is 88.8 Å². The highest BCUT2D eigenvalue weighted by molar-refractivity contribution is 5.55. The van der Waals surface area contributed by atoms with Gasteiger partial charge >= 0.3 is 0 Å². The van der Waals surface area contributed by atoms with E-state index in [0.29, 0.717) is 6.42 Å². The standard InChI is InChI=1S/C12H14N2O/c1-9(15)8-10-2-4-11(5-3-10)12-13-6-7-14-12/h2-7,9,15H,8H2,1H3,(H,13,14). The average molecular weight is 202 g/mol. The molecule has 0 bridgehead atoms. The number of benzene rings is 1. The van der Waals surface area contributed by atoms with Gasteiger partial charge in [-0.1, -0.05) is 24.3 Å². The molecule has 1 atom stereocenters. The van der Waals surface area contributed by atoms with Crippen LogP contribution in [0.25, 0.3) is 11.4 Å². The van der Waals surface area contributed by atoms with E-state index in [2.05, 4.69) is 9.97 Å². The number of aliphatic hydroxyl groups excluding tert-OH is 1. The largest absolute Gasteiger partial charge is 0.393 e. The van der Waals surface area contributed by atoms with E-state index in [1.54, 1.807) is 19.3 Å². The molecule has 0 spiro atoms. The number of aromatic amines is 1. The summed E-state index contributed by atoms with van der Waals surface area (Å²) >= 11 is 0. The minimum atomic E-state index is -0.292. The second kappa shape index (κ2) is 4.28. The fourth-order valence-electron chi connectivity index (χ4n) is 1.56. The van der Waals surface area contributed by atoms with Crippen LogP contribution in [0.2, 0.25) is 0 Å². The monoisotopic (exact) mass is 202 g/mol. The van der Waals surface area contributed by atoms with Gasteiger partial charge in [-0.05, 0) is 18.9 Å². The SMILES string of the molecule is CC(O)Cc1ccc(-c2ncc[nH]2)cc1. The molecule has 2 N–H and O–H groups in total. The molecule has 3 heteroatoms. The lowest BCUT2D eigenvalue weighted by Crippen LogP contribution is -2.03. The molecule has 0 aliphatic carbocycles. The number of nitrogens with zero attached hydrogens (tertiary/aromatic N) is 1. The first kappa shape index (κ1) is 9.93. The van der Waals surface area contributed by atoms with Crippen molar-refractivity contribution in [2.24, 2.45) is 0 Å². The summed E-state index contributed by atoms with van der Waals surface area (Å²) in [6, 6.07) is 8.06. The Balaban J connectivity index is 2.17. The molecular weight excluding hydrogens is 188 g/mol. The molecule has 78 valence electrons. The number of H-pyrrole nitrogens is 1. The Morgan fingerprint density at radius 2 is 2.07 bits per heavy atom. The zero-order chi connectivity index (χ0) is 10.7. The number of hydrogen-bond acceptors (Lipinski definition) is 2. The van der Waals surface area contributed by atoms with E-state index < -0.39 is 0 Å². The van der Waals surface area contributed by atoms with Crippen molar-refractivity contribution in [2.45, 2.75) is 19.4 Å². The zero-order valence-corrected chi connectivity index (χ0v) is 8.64. The average Bonchev–Trinajstić information content (AvgIpc) is 2.71. The lowest BCUT2D eigenvalue weighted by Gasteiger charge is -2.04. The maximum absolute atomic E-state index is 9.24. The summed E-state index contributed by atoms with van der Waals surface area (Å²) in [5.74, 6) is 0.874. The number of imidazole rings is 1. The summed E-state index contributed by atoms with van der Waals surface area (Å²) in [7, 11) is 0. The first-order valence-electron chi connectivity index (χ1n) is 5.02. The smallest absolute Gasteiger partial charge is 0.137 e. The van der Waals surface area contributed by atoms with Gasteiger partial charge in [0, 0.05) is 18.0 Å². The van der Waals surface area contributed by atoms with Gasteiger partial charge in [0.15, 0.2) is 0 Å². The van der Waals surface area contributed by atoms with Gasteiger partial charge in [-0.15, -0.1) is 0 Å². The molecular formula is C12H14N2O. The second-order valence-corrected chi connectivity index (χ2v) is 3.69. The Kier molecular flexibility index (Phi) is 2.83. The Hall–Kier alpha value is -1.61. The van der Waals surface area contributed by atoms with Gasteiger partial charge in [-0.2, -0.15) is 0 Å². The van der Waals surface area contributed by atoms with Crippen LogP contribution in [0.15, 0.2) is 36.7 Å². The highest BCUT2D eigenvalue weighted by Gasteiger charge is 2.01. The Bertz CT molecular complexity index is 404. The van der Waals surface area contributed by atoms with Crippen LogP contribution in [0.3, 0.4) is 0 Å². The van der Waals surface area contributed by atoms with Crippen LogP contribution in [-0.2, 0) is 6.42 Å². The quantitative estimate of drug-likeness (QED) is 0.799. The third kappa shape index (κ3) is 2.44. The number of rotatable bonds is 3. The maximum atomic E-state index is 9.24. The molecule has 0 radical (unpaired) electrons. The van der Waals surface area contributed by atoms with Crippen LogP contribution in [0.4, 0.5) is 0 Å². The van der Waals surface area contributed by atoms with E-state index in [-0.39, 0.29) is 6.10 Å². The van der Waals surface area contributed by atoms with E-state index >= 15 is 0 Å². The van der Waals surface area contributed by atoms with Gasteiger partial charge < -0.3 is 10.1 Å². The van der Waals surface area contributed by atoms with Crippen molar-refractivity contribution in [3.8, 4) is 11.4 Å². The highest BCUT2D eigenvalue weighted by Crippen LogP contribution is 2.15. The minimum Gasteiger partial charge on any atom is -0.393 e. The van der Waals surface area contributed by atoms with Gasteiger partial charge in [-0.25, -0.2) is 4.98 Å². The first-order chi connectivity index (χ1) is 7.25. The van der Waals surface area contributed by atoms with Crippen molar-refractivity contribution in [3.63, 3.8) is 0 Å². The number of aromatic nitrogens is 2. The predicted molar refractivity (Wildman–Crippen MR) is 59.4 cm³/mol. The normalized spacial score (nSPS) is 12.7. The van der Waals surface area contributed by atoms with Crippen LogP contribution in [0, 0.1) is 0 Å². The van der Waals surface area contributed by atoms with Crippen molar-refractivity contribution in [1.82, 2.24) is 9.97 Å². The second-order valence-electron chi connectivity index (χ2n) is 3.69. The predicted octanol–water partition coefficient (Wildman–Crippen LogP) is 2.00. The number of hydrogen-bond donors (Lipinski definition) is 2. The van der Waals surface area contributed by atoms with Gasteiger partial charge in [0.25, 0.3) is 0 Å². The third-order valence-electron chi connectivity index (χ3n) is 2.26. The van der Waals surface area contributed by atoms with Gasteiger partial charge in [0.05, 0.1) is 6.10 Å². The van der Waals surface area contributed by atoms with E-state index in [0.717, 1.165) is 17.0 Å². The molecule has 0 aliphatic rings. The lowest BCUT2D eigenvalue weighted by molar-refractivity contribution is 0.195.